The first kappa shape index (κ1) is 21.9. The number of rotatable bonds is 6. The second-order valence-electron chi connectivity index (χ2n) is 7.33. The van der Waals surface area contributed by atoms with Gasteiger partial charge in [0.2, 0.25) is 11.8 Å². The predicted molar refractivity (Wildman–Crippen MR) is 121 cm³/mol. The number of carbonyl (C=O) groups excluding carboxylic acids is 2. The fourth-order valence-electron chi connectivity index (χ4n) is 3.23. The van der Waals surface area contributed by atoms with Crippen LogP contribution in [0.25, 0.3) is 0 Å². The maximum absolute atomic E-state index is 12.3. The molecule has 0 aliphatic carbocycles. The van der Waals surface area contributed by atoms with Crippen LogP contribution in [0.5, 0.6) is 0 Å². The van der Waals surface area contributed by atoms with Crippen LogP contribution in [-0.4, -0.2) is 17.6 Å². The summed E-state index contributed by atoms with van der Waals surface area (Å²) in [6.45, 7) is 4.24. The van der Waals surface area contributed by atoms with Crippen LogP contribution in [0.1, 0.15) is 43.2 Å². The summed E-state index contributed by atoms with van der Waals surface area (Å²) in [7, 11) is 0. The van der Waals surface area contributed by atoms with Crippen LogP contribution in [0.4, 0.5) is 5.69 Å². The number of anilines is 1. The van der Waals surface area contributed by atoms with Gasteiger partial charge >= 0.3 is 0 Å². The monoisotopic (exact) mass is 439 g/mol. The number of hydrogen-bond donors (Lipinski definition) is 2. The second kappa shape index (κ2) is 9.84. The normalized spacial score (nSPS) is 16.2. The van der Waals surface area contributed by atoms with Gasteiger partial charge in [0.15, 0.2) is 0 Å². The average Bonchev–Trinajstić information content (AvgIpc) is 2.72. The quantitative estimate of drug-likeness (QED) is 0.650. The summed E-state index contributed by atoms with van der Waals surface area (Å²) in [5.74, 6) is -0.256. The molecular formula is C23H22ClN3O2S. The topological polar surface area (TPSA) is 82.0 Å². The van der Waals surface area contributed by atoms with Gasteiger partial charge in [0.1, 0.15) is 0 Å². The van der Waals surface area contributed by atoms with Crippen LogP contribution in [-0.2, 0) is 9.59 Å². The molecule has 0 aromatic heterocycles. The summed E-state index contributed by atoms with van der Waals surface area (Å²) < 4.78 is 0. The number of nitrogens with one attached hydrogen (secondary N) is 2. The van der Waals surface area contributed by atoms with E-state index >= 15 is 0 Å². The van der Waals surface area contributed by atoms with Crippen molar-refractivity contribution in [3.63, 3.8) is 0 Å². The lowest BCUT2D eigenvalue weighted by molar-refractivity contribution is -0.121. The van der Waals surface area contributed by atoms with Gasteiger partial charge in [0.25, 0.3) is 0 Å². The SMILES string of the molecule is CC(C)c1ccc([C@H]2CC(=O)NC(SCC(=O)Nc3cccc(Cl)c3)=C2C#N)cc1. The van der Waals surface area contributed by atoms with Gasteiger partial charge < -0.3 is 10.6 Å². The minimum atomic E-state index is -0.316. The molecule has 1 heterocycles. The van der Waals surface area contributed by atoms with Gasteiger partial charge in [-0.05, 0) is 35.2 Å². The number of allylic oxidation sites excluding steroid dienone is 1. The Balaban J connectivity index is 1.75. The van der Waals surface area contributed by atoms with Crippen LogP contribution in [0.3, 0.4) is 0 Å². The molecule has 3 rings (SSSR count). The Kier molecular flexibility index (Phi) is 7.20. The van der Waals surface area contributed by atoms with E-state index in [1.165, 1.54) is 5.56 Å². The number of amides is 2. The zero-order valence-corrected chi connectivity index (χ0v) is 18.3. The Hall–Kier alpha value is -2.75. The smallest absolute Gasteiger partial charge is 0.234 e. The average molecular weight is 440 g/mol. The Morgan fingerprint density at radius 2 is 2.03 bits per heavy atom. The molecule has 2 aromatic rings. The van der Waals surface area contributed by atoms with Gasteiger partial charge in [-0.3, -0.25) is 9.59 Å². The van der Waals surface area contributed by atoms with Crippen LogP contribution in [0.15, 0.2) is 59.1 Å². The van der Waals surface area contributed by atoms with Gasteiger partial charge in [-0.1, -0.05) is 67.5 Å². The van der Waals surface area contributed by atoms with Gasteiger partial charge in [-0.25, -0.2) is 0 Å². The molecule has 2 aromatic carbocycles. The van der Waals surface area contributed by atoms with E-state index in [1.807, 2.05) is 24.3 Å². The zero-order valence-electron chi connectivity index (χ0n) is 16.7. The molecule has 1 aliphatic rings. The van der Waals surface area contributed by atoms with E-state index in [0.717, 1.165) is 17.3 Å². The van der Waals surface area contributed by atoms with Crippen molar-refractivity contribution in [3.05, 3.63) is 75.3 Å². The molecule has 2 N–H and O–H groups in total. The first-order chi connectivity index (χ1) is 14.4. The number of benzene rings is 2. The fourth-order valence-corrected chi connectivity index (χ4v) is 4.30. The third-order valence-corrected chi connectivity index (χ3v) is 6.07. The number of nitriles is 1. The summed E-state index contributed by atoms with van der Waals surface area (Å²) >= 11 is 7.09. The fraction of sp³-hybridized carbons (Fsp3) is 0.261. The third kappa shape index (κ3) is 5.44. The van der Waals surface area contributed by atoms with Crippen molar-refractivity contribution in [1.82, 2.24) is 5.32 Å². The van der Waals surface area contributed by atoms with Crippen molar-refractivity contribution in [2.24, 2.45) is 0 Å². The maximum atomic E-state index is 12.3. The summed E-state index contributed by atoms with van der Waals surface area (Å²) in [4.78, 5) is 24.6. The number of thioether (sulfide) groups is 1. The van der Waals surface area contributed by atoms with E-state index < -0.39 is 0 Å². The maximum Gasteiger partial charge on any atom is 0.234 e. The van der Waals surface area contributed by atoms with E-state index in [1.54, 1.807) is 24.3 Å². The Morgan fingerprint density at radius 1 is 1.30 bits per heavy atom. The number of nitrogens with zero attached hydrogens (tertiary/aromatic N) is 1. The largest absolute Gasteiger partial charge is 0.325 e. The molecule has 0 radical (unpaired) electrons. The summed E-state index contributed by atoms with van der Waals surface area (Å²) in [6, 6.07) is 17.1. The van der Waals surface area contributed by atoms with Crippen molar-refractivity contribution >= 4 is 40.9 Å². The van der Waals surface area contributed by atoms with Crippen LogP contribution in [0.2, 0.25) is 5.02 Å². The number of hydrogen-bond acceptors (Lipinski definition) is 4. The molecule has 0 fully saturated rings. The van der Waals surface area contributed by atoms with Crippen molar-refractivity contribution in [2.45, 2.75) is 32.1 Å². The Bertz CT molecular complexity index is 1030. The first-order valence-electron chi connectivity index (χ1n) is 9.59. The van der Waals surface area contributed by atoms with Crippen molar-refractivity contribution < 1.29 is 9.59 Å². The predicted octanol–water partition coefficient (Wildman–Crippen LogP) is 5.17. The highest BCUT2D eigenvalue weighted by Gasteiger charge is 2.29. The summed E-state index contributed by atoms with van der Waals surface area (Å²) in [5.41, 5.74) is 3.20. The van der Waals surface area contributed by atoms with E-state index in [9.17, 15) is 14.9 Å². The molecular weight excluding hydrogens is 418 g/mol. The third-order valence-electron chi connectivity index (χ3n) is 4.82. The lowest BCUT2D eigenvalue weighted by Crippen LogP contribution is -2.31. The van der Waals surface area contributed by atoms with E-state index in [2.05, 4.69) is 30.6 Å². The molecule has 0 unspecified atom stereocenters. The van der Waals surface area contributed by atoms with Gasteiger partial charge in [0, 0.05) is 23.0 Å². The van der Waals surface area contributed by atoms with Crippen LogP contribution >= 0.6 is 23.4 Å². The van der Waals surface area contributed by atoms with Gasteiger partial charge in [-0.15, -0.1) is 0 Å². The van der Waals surface area contributed by atoms with Crippen LogP contribution < -0.4 is 10.6 Å². The molecule has 1 aliphatic heterocycles. The van der Waals surface area contributed by atoms with Crippen molar-refractivity contribution in [3.8, 4) is 6.07 Å². The van der Waals surface area contributed by atoms with Gasteiger partial charge in [-0.2, -0.15) is 5.26 Å². The van der Waals surface area contributed by atoms with E-state index in [0.29, 0.717) is 27.2 Å². The highest BCUT2D eigenvalue weighted by molar-refractivity contribution is 8.03. The first-order valence-corrected chi connectivity index (χ1v) is 11.0. The highest BCUT2D eigenvalue weighted by Crippen LogP contribution is 2.36. The summed E-state index contributed by atoms with van der Waals surface area (Å²) in [5, 5.41) is 16.3. The lowest BCUT2D eigenvalue weighted by Gasteiger charge is -2.25. The minimum Gasteiger partial charge on any atom is -0.325 e. The molecule has 0 bridgehead atoms. The molecule has 0 saturated heterocycles. The number of carbonyl (C=O) groups is 2. The molecule has 5 nitrogen and oxygen atoms in total. The molecule has 1 atom stereocenters. The molecule has 7 heteroatoms. The van der Waals surface area contributed by atoms with E-state index in [4.69, 9.17) is 11.6 Å². The molecule has 2 amide bonds. The molecule has 0 saturated carbocycles. The number of halogens is 1. The van der Waals surface area contributed by atoms with Crippen molar-refractivity contribution in [1.29, 1.82) is 5.26 Å². The van der Waals surface area contributed by atoms with Crippen molar-refractivity contribution in [2.75, 3.05) is 11.1 Å². The Labute approximate surface area is 185 Å². The van der Waals surface area contributed by atoms with Gasteiger partial charge in [0.05, 0.1) is 22.4 Å². The summed E-state index contributed by atoms with van der Waals surface area (Å²) in [6.07, 6.45) is 0.211. The molecule has 0 spiro atoms. The highest BCUT2D eigenvalue weighted by atomic mass is 35.5. The zero-order chi connectivity index (χ0) is 21.7. The molecule has 30 heavy (non-hydrogen) atoms. The van der Waals surface area contributed by atoms with E-state index in [-0.39, 0.29) is 29.9 Å². The van der Waals surface area contributed by atoms with Crippen LogP contribution in [0, 0.1) is 11.3 Å². The minimum absolute atomic E-state index is 0.0618. The molecule has 154 valence electrons. The Morgan fingerprint density at radius 3 is 2.67 bits per heavy atom. The standard InChI is InChI=1S/C23H22ClN3O2S/c1-14(2)15-6-8-16(9-7-15)19-11-21(28)27-23(20(19)12-25)30-13-22(29)26-18-5-3-4-17(24)10-18/h3-10,14,19H,11,13H2,1-2H3,(H,26,29)(H,27,28)/t19-/m1/s1. The lowest BCUT2D eigenvalue weighted by atomic mass is 9.86. The second-order valence-corrected chi connectivity index (χ2v) is 8.75.